The number of rotatable bonds is 3. The summed E-state index contributed by atoms with van der Waals surface area (Å²) < 4.78 is 0. The summed E-state index contributed by atoms with van der Waals surface area (Å²) in [6.07, 6.45) is 3.27. The average molecular weight is 388 g/mol. The first-order valence-corrected chi connectivity index (χ1v) is 9.87. The van der Waals surface area contributed by atoms with E-state index in [4.69, 9.17) is 0 Å². The van der Waals surface area contributed by atoms with Gasteiger partial charge in [0, 0.05) is 11.3 Å². The largest absolute Gasteiger partial charge is 0.322 e. The number of amides is 3. The van der Waals surface area contributed by atoms with E-state index < -0.39 is 0 Å². The first-order valence-electron chi connectivity index (χ1n) is 9.87. The van der Waals surface area contributed by atoms with Crippen molar-refractivity contribution >= 4 is 29.1 Å². The number of hydrogen-bond donors (Lipinski definition) is 1. The van der Waals surface area contributed by atoms with Crippen molar-refractivity contribution in [2.24, 2.45) is 11.8 Å². The lowest BCUT2D eigenvalue weighted by molar-refractivity contribution is -0.122. The maximum atomic E-state index is 12.9. The van der Waals surface area contributed by atoms with Crippen molar-refractivity contribution in [3.63, 3.8) is 0 Å². The second kappa shape index (κ2) is 7.32. The van der Waals surface area contributed by atoms with Gasteiger partial charge in [0.2, 0.25) is 11.8 Å². The van der Waals surface area contributed by atoms with Gasteiger partial charge in [-0.1, -0.05) is 23.8 Å². The van der Waals surface area contributed by atoms with Gasteiger partial charge in [0.15, 0.2) is 0 Å². The molecule has 1 N–H and O–H groups in total. The first-order chi connectivity index (χ1) is 13.8. The van der Waals surface area contributed by atoms with Crippen LogP contribution in [-0.4, -0.2) is 17.7 Å². The van der Waals surface area contributed by atoms with Crippen molar-refractivity contribution in [2.75, 3.05) is 10.2 Å². The number of aryl methyl sites for hydroxylation is 2. The molecular formula is C24H24N2O3. The van der Waals surface area contributed by atoms with Crippen LogP contribution in [0.1, 0.15) is 41.3 Å². The van der Waals surface area contributed by atoms with Crippen molar-refractivity contribution in [3.05, 3.63) is 70.8 Å². The van der Waals surface area contributed by atoms with Crippen molar-refractivity contribution in [1.82, 2.24) is 0 Å². The van der Waals surface area contributed by atoms with Crippen LogP contribution in [0.3, 0.4) is 0 Å². The van der Waals surface area contributed by atoms with Gasteiger partial charge in [-0.15, -0.1) is 0 Å². The fourth-order valence-electron chi connectivity index (χ4n) is 4.10. The molecular weight excluding hydrogens is 364 g/mol. The third-order valence-electron chi connectivity index (χ3n) is 5.95. The van der Waals surface area contributed by atoms with Gasteiger partial charge in [0.25, 0.3) is 5.91 Å². The number of allylic oxidation sites excluding steroid dienone is 2. The summed E-state index contributed by atoms with van der Waals surface area (Å²) in [6, 6.07) is 12.5. The van der Waals surface area contributed by atoms with E-state index in [1.807, 2.05) is 45.0 Å². The lowest BCUT2D eigenvalue weighted by Gasteiger charge is -2.18. The lowest BCUT2D eigenvalue weighted by atomic mass is 9.82. The molecule has 0 bridgehead atoms. The second-order valence-electron chi connectivity index (χ2n) is 8.02. The van der Waals surface area contributed by atoms with Gasteiger partial charge in [-0.25, -0.2) is 0 Å². The fraction of sp³-hybridized carbons (Fsp3) is 0.292. The smallest absolute Gasteiger partial charge is 0.255 e. The molecule has 2 aromatic carbocycles. The van der Waals surface area contributed by atoms with E-state index in [9.17, 15) is 14.4 Å². The zero-order valence-electron chi connectivity index (χ0n) is 16.9. The molecule has 2 atom stereocenters. The highest BCUT2D eigenvalue weighted by Crippen LogP contribution is 2.39. The SMILES string of the molecule is CC1=CC[C@H]2C(=O)N(c3cccc(C(=O)Nc4ccc(C)c(C)c4)c3)C(=O)[C@@H]2C1. The Kier molecular flexibility index (Phi) is 4.82. The number of imide groups is 1. The molecule has 5 heteroatoms. The van der Waals surface area contributed by atoms with Gasteiger partial charge >= 0.3 is 0 Å². The van der Waals surface area contributed by atoms with Crippen molar-refractivity contribution in [1.29, 1.82) is 0 Å². The molecule has 4 rings (SSSR count). The summed E-state index contributed by atoms with van der Waals surface area (Å²) in [5.41, 5.74) is 4.98. The predicted octanol–water partition coefficient (Wildman–Crippen LogP) is 4.40. The summed E-state index contributed by atoms with van der Waals surface area (Å²) in [6.45, 7) is 6.00. The van der Waals surface area contributed by atoms with E-state index in [2.05, 4.69) is 5.32 Å². The van der Waals surface area contributed by atoms with Gasteiger partial charge in [-0.3, -0.25) is 19.3 Å². The minimum absolute atomic E-state index is 0.167. The molecule has 1 fully saturated rings. The molecule has 29 heavy (non-hydrogen) atoms. The number of benzene rings is 2. The maximum absolute atomic E-state index is 12.9. The number of anilines is 2. The van der Waals surface area contributed by atoms with E-state index >= 15 is 0 Å². The molecule has 1 aliphatic heterocycles. The first kappa shape index (κ1) is 19.1. The Morgan fingerprint density at radius 1 is 0.966 bits per heavy atom. The number of carbonyl (C=O) groups is 3. The molecule has 1 saturated heterocycles. The van der Waals surface area contributed by atoms with Crippen LogP contribution < -0.4 is 10.2 Å². The fourth-order valence-corrected chi connectivity index (χ4v) is 4.10. The van der Waals surface area contributed by atoms with Crippen LogP contribution in [0.2, 0.25) is 0 Å². The zero-order chi connectivity index (χ0) is 20.7. The van der Waals surface area contributed by atoms with Crippen molar-refractivity contribution in [3.8, 4) is 0 Å². The molecule has 0 radical (unpaired) electrons. The van der Waals surface area contributed by atoms with Gasteiger partial charge in [0.1, 0.15) is 0 Å². The molecule has 1 aliphatic carbocycles. The lowest BCUT2D eigenvalue weighted by Crippen LogP contribution is -2.31. The molecule has 0 unspecified atom stereocenters. The Balaban J connectivity index is 1.57. The maximum Gasteiger partial charge on any atom is 0.255 e. The van der Waals surface area contributed by atoms with E-state index in [1.54, 1.807) is 24.3 Å². The second-order valence-corrected chi connectivity index (χ2v) is 8.02. The molecule has 0 saturated carbocycles. The number of hydrogen-bond acceptors (Lipinski definition) is 3. The molecule has 2 aromatic rings. The summed E-state index contributed by atoms with van der Waals surface area (Å²) in [5, 5.41) is 2.89. The third-order valence-corrected chi connectivity index (χ3v) is 5.95. The Labute approximate surface area is 170 Å². The Bertz CT molecular complexity index is 1050. The number of nitrogens with one attached hydrogen (secondary N) is 1. The number of fused-ring (bicyclic) bond motifs is 1. The van der Waals surface area contributed by atoms with Crippen LogP contribution in [0.25, 0.3) is 0 Å². The highest BCUT2D eigenvalue weighted by molar-refractivity contribution is 6.22. The van der Waals surface area contributed by atoms with Crippen molar-refractivity contribution < 1.29 is 14.4 Å². The standard InChI is InChI=1S/C24H24N2O3/c1-14-7-10-20-21(11-14)24(29)26(23(20)28)19-6-4-5-17(13-19)22(27)25-18-9-8-15(2)16(3)12-18/h4-9,12-13,20-21H,10-11H2,1-3H3,(H,25,27)/t20-,21-/m1/s1. The minimum Gasteiger partial charge on any atom is -0.322 e. The predicted molar refractivity (Wildman–Crippen MR) is 113 cm³/mol. The molecule has 5 nitrogen and oxygen atoms in total. The number of nitrogens with zero attached hydrogens (tertiary/aromatic N) is 1. The van der Waals surface area contributed by atoms with Crippen LogP contribution in [-0.2, 0) is 9.59 Å². The van der Waals surface area contributed by atoms with E-state index in [0.29, 0.717) is 29.8 Å². The zero-order valence-corrected chi connectivity index (χ0v) is 16.9. The van der Waals surface area contributed by atoms with E-state index in [-0.39, 0.29) is 29.6 Å². The van der Waals surface area contributed by atoms with E-state index in [1.165, 1.54) is 4.90 Å². The monoisotopic (exact) mass is 388 g/mol. The molecule has 0 aromatic heterocycles. The van der Waals surface area contributed by atoms with Gasteiger partial charge in [-0.2, -0.15) is 0 Å². The molecule has 2 aliphatic rings. The molecule has 148 valence electrons. The summed E-state index contributed by atoms with van der Waals surface area (Å²) >= 11 is 0. The van der Waals surface area contributed by atoms with Crippen LogP contribution in [0.15, 0.2) is 54.1 Å². The van der Waals surface area contributed by atoms with Crippen LogP contribution in [0, 0.1) is 25.7 Å². The average Bonchev–Trinajstić information content (AvgIpc) is 2.94. The molecule has 0 spiro atoms. The van der Waals surface area contributed by atoms with Crippen LogP contribution in [0.4, 0.5) is 11.4 Å². The van der Waals surface area contributed by atoms with Crippen LogP contribution in [0.5, 0.6) is 0 Å². The Morgan fingerprint density at radius 2 is 1.72 bits per heavy atom. The molecule has 1 heterocycles. The van der Waals surface area contributed by atoms with Crippen LogP contribution >= 0.6 is 0 Å². The topological polar surface area (TPSA) is 66.5 Å². The summed E-state index contributed by atoms with van der Waals surface area (Å²) in [5.74, 6) is -1.20. The van der Waals surface area contributed by atoms with Gasteiger partial charge in [0.05, 0.1) is 17.5 Å². The van der Waals surface area contributed by atoms with Crippen molar-refractivity contribution in [2.45, 2.75) is 33.6 Å². The van der Waals surface area contributed by atoms with E-state index in [0.717, 1.165) is 16.7 Å². The minimum atomic E-state index is -0.292. The number of carbonyl (C=O) groups excluding carboxylic acids is 3. The van der Waals surface area contributed by atoms with Gasteiger partial charge < -0.3 is 5.32 Å². The highest BCUT2D eigenvalue weighted by Gasteiger charge is 2.48. The molecule has 3 amide bonds. The highest BCUT2D eigenvalue weighted by atomic mass is 16.2. The van der Waals surface area contributed by atoms with Gasteiger partial charge in [-0.05, 0) is 75.1 Å². The summed E-state index contributed by atoms with van der Waals surface area (Å²) in [7, 11) is 0. The Morgan fingerprint density at radius 3 is 2.48 bits per heavy atom. The normalized spacial score (nSPS) is 21.1. The quantitative estimate of drug-likeness (QED) is 0.626. The third kappa shape index (κ3) is 3.48. The Hall–Kier alpha value is -3.21. The summed E-state index contributed by atoms with van der Waals surface area (Å²) in [4.78, 5) is 39.8.